The van der Waals surface area contributed by atoms with E-state index >= 15 is 0 Å². The molecule has 1 aliphatic rings. The van der Waals surface area contributed by atoms with E-state index in [-0.39, 0.29) is 18.4 Å². The predicted molar refractivity (Wildman–Crippen MR) is 67.2 cm³/mol. The zero-order valence-electron chi connectivity index (χ0n) is 10.1. The van der Waals surface area contributed by atoms with Gasteiger partial charge in [-0.05, 0) is 19.3 Å². The van der Waals surface area contributed by atoms with Crippen LogP contribution in [0.5, 0.6) is 0 Å². The average Bonchev–Trinajstić information content (AvgIpc) is 2.97. The highest BCUT2D eigenvalue weighted by Crippen LogP contribution is 2.21. The molecular formula is C12H18N2O2S. The molecular weight excluding hydrogens is 236 g/mol. The van der Waals surface area contributed by atoms with Crippen LogP contribution in [0.15, 0.2) is 6.20 Å². The van der Waals surface area contributed by atoms with E-state index in [0.717, 1.165) is 35.7 Å². The second kappa shape index (κ2) is 5.60. The fourth-order valence-corrected chi connectivity index (χ4v) is 3.05. The summed E-state index contributed by atoms with van der Waals surface area (Å²) in [5.74, 6) is 0.322. The van der Waals surface area contributed by atoms with E-state index in [0.29, 0.717) is 6.54 Å². The van der Waals surface area contributed by atoms with Crippen molar-refractivity contribution in [2.75, 3.05) is 19.7 Å². The van der Waals surface area contributed by atoms with Gasteiger partial charge in [-0.15, -0.1) is 11.3 Å². The van der Waals surface area contributed by atoms with E-state index in [1.165, 1.54) is 11.3 Å². The van der Waals surface area contributed by atoms with E-state index in [1.54, 1.807) is 6.20 Å². The number of aryl methyl sites for hydroxylation is 1. The third kappa shape index (κ3) is 2.84. The van der Waals surface area contributed by atoms with Gasteiger partial charge in [0.2, 0.25) is 0 Å². The standard InChI is InChI=1S/C12H18N2O2S/c1-2-3-11-13-6-10(17-11)12(16)14-5-4-9(7-14)8-15/h6,9,15H,2-5,7-8H2,1H3. The van der Waals surface area contributed by atoms with Gasteiger partial charge in [-0.3, -0.25) is 4.79 Å². The number of amides is 1. The number of hydrogen-bond donors (Lipinski definition) is 1. The monoisotopic (exact) mass is 254 g/mol. The molecule has 1 unspecified atom stereocenters. The Labute approximate surface area is 105 Å². The quantitative estimate of drug-likeness (QED) is 0.887. The first-order valence-corrected chi connectivity index (χ1v) is 6.91. The molecule has 4 nitrogen and oxygen atoms in total. The summed E-state index contributed by atoms with van der Waals surface area (Å²) in [4.78, 5) is 19.0. The van der Waals surface area contributed by atoms with Gasteiger partial charge in [0, 0.05) is 25.6 Å². The minimum atomic E-state index is 0.0702. The normalized spacial score (nSPS) is 19.9. The molecule has 0 spiro atoms. The molecule has 1 saturated heterocycles. The molecule has 17 heavy (non-hydrogen) atoms. The minimum Gasteiger partial charge on any atom is -0.396 e. The number of carbonyl (C=O) groups excluding carboxylic acids is 1. The Balaban J connectivity index is 1.99. The Morgan fingerprint density at radius 3 is 3.18 bits per heavy atom. The maximum Gasteiger partial charge on any atom is 0.265 e. The lowest BCUT2D eigenvalue weighted by Crippen LogP contribution is -2.28. The van der Waals surface area contributed by atoms with Gasteiger partial charge >= 0.3 is 0 Å². The molecule has 1 N–H and O–H groups in total. The first-order chi connectivity index (χ1) is 8.24. The summed E-state index contributed by atoms with van der Waals surface area (Å²) < 4.78 is 0. The number of aliphatic hydroxyl groups excluding tert-OH is 1. The zero-order chi connectivity index (χ0) is 12.3. The molecule has 1 aromatic heterocycles. The van der Waals surface area contributed by atoms with Crippen LogP contribution in [0.2, 0.25) is 0 Å². The zero-order valence-corrected chi connectivity index (χ0v) is 10.9. The van der Waals surface area contributed by atoms with Crippen molar-refractivity contribution in [2.24, 2.45) is 5.92 Å². The summed E-state index contributed by atoms with van der Waals surface area (Å²) in [7, 11) is 0. The number of nitrogens with zero attached hydrogens (tertiary/aromatic N) is 2. The van der Waals surface area contributed by atoms with Crippen molar-refractivity contribution in [3.63, 3.8) is 0 Å². The van der Waals surface area contributed by atoms with Crippen LogP contribution in [-0.4, -0.2) is 40.6 Å². The number of carbonyl (C=O) groups is 1. The van der Waals surface area contributed by atoms with Crippen LogP contribution in [0.25, 0.3) is 0 Å². The van der Waals surface area contributed by atoms with Crippen molar-refractivity contribution in [1.29, 1.82) is 0 Å². The summed E-state index contributed by atoms with van der Waals surface area (Å²) >= 11 is 1.50. The highest BCUT2D eigenvalue weighted by molar-refractivity contribution is 7.13. The van der Waals surface area contributed by atoms with Gasteiger partial charge in [0.25, 0.3) is 5.91 Å². The molecule has 5 heteroatoms. The molecule has 1 aromatic rings. The lowest BCUT2D eigenvalue weighted by molar-refractivity contribution is 0.0786. The van der Waals surface area contributed by atoms with Crippen molar-refractivity contribution < 1.29 is 9.90 Å². The molecule has 0 bridgehead atoms. The Hall–Kier alpha value is -0.940. The smallest absolute Gasteiger partial charge is 0.265 e. The third-order valence-electron chi connectivity index (χ3n) is 3.06. The summed E-state index contributed by atoms with van der Waals surface area (Å²) in [6.45, 7) is 3.71. The van der Waals surface area contributed by atoms with Crippen LogP contribution >= 0.6 is 11.3 Å². The minimum absolute atomic E-state index is 0.0702. The van der Waals surface area contributed by atoms with Crippen molar-refractivity contribution in [3.05, 3.63) is 16.1 Å². The lowest BCUT2D eigenvalue weighted by atomic mass is 10.1. The van der Waals surface area contributed by atoms with Crippen molar-refractivity contribution in [1.82, 2.24) is 9.88 Å². The fourth-order valence-electron chi connectivity index (χ4n) is 2.06. The molecule has 94 valence electrons. The molecule has 0 radical (unpaired) electrons. The second-order valence-corrected chi connectivity index (χ2v) is 5.57. The SMILES string of the molecule is CCCc1ncc(C(=O)N2CCC(CO)C2)s1. The van der Waals surface area contributed by atoms with Crippen molar-refractivity contribution in [3.8, 4) is 0 Å². The highest BCUT2D eigenvalue weighted by atomic mass is 32.1. The highest BCUT2D eigenvalue weighted by Gasteiger charge is 2.27. The van der Waals surface area contributed by atoms with E-state index in [9.17, 15) is 4.79 Å². The molecule has 1 aliphatic heterocycles. The Kier molecular flexibility index (Phi) is 4.12. The molecule has 0 aromatic carbocycles. The molecule has 1 atom stereocenters. The van der Waals surface area contributed by atoms with Crippen molar-refractivity contribution >= 4 is 17.2 Å². The van der Waals surface area contributed by atoms with E-state index in [1.807, 2.05) is 4.90 Å². The van der Waals surface area contributed by atoms with Gasteiger partial charge < -0.3 is 10.0 Å². The van der Waals surface area contributed by atoms with Crippen LogP contribution in [-0.2, 0) is 6.42 Å². The number of rotatable bonds is 4. The van der Waals surface area contributed by atoms with Gasteiger partial charge in [-0.1, -0.05) is 6.92 Å². The van der Waals surface area contributed by atoms with Gasteiger partial charge in [0.1, 0.15) is 4.88 Å². The average molecular weight is 254 g/mol. The second-order valence-electron chi connectivity index (χ2n) is 4.46. The summed E-state index contributed by atoms with van der Waals surface area (Å²) in [5.41, 5.74) is 0. The maximum atomic E-state index is 12.1. The largest absolute Gasteiger partial charge is 0.396 e. The van der Waals surface area contributed by atoms with Crippen LogP contribution in [0.4, 0.5) is 0 Å². The van der Waals surface area contributed by atoms with Crippen molar-refractivity contribution in [2.45, 2.75) is 26.2 Å². The molecule has 1 fully saturated rings. The van der Waals surface area contributed by atoms with E-state index in [2.05, 4.69) is 11.9 Å². The molecule has 0 saturated carbocycles. The number of thiazole rings is 1. The van der Waals surface area contributed by atoms with E-state index < -0.39 is 0 Å². The Morgan fingerprint density at radius 1 is 1.71 bits per heavy atom. The maximum absolute atomic E-state index is 12.1. The number of aromatic nitrogens is 1. The topological polar surface area (TPSA) is 53.4 Å². The van der Waals surface area contributed by atoms with Crippen LogP contribution in [0.3, 0.4) is 0 Å². The van der Waals surface area contributed by atoms with Gasteiger partial charge in [0.05, 0.1) is 11.2 Å². The summed E-state index contributed by atoms with van der Waals surface area (Å²) in [6, 6.07) is 0. The summed E-state index contributed by atoms with van der Waals surface area (Å²) in [6.07, 6.45) is 4.59. The van der Waals surface area contributed by atoms with Gasteiger partial charge in [0.15, 0.2) is 0 Å². The number of likely N-dealkylation sites (tertiary alicyclic amines) is 1. The van der Waals surface area contributed by atoms with Crippen LogP contribution < -0.4 is 0 Å². The fraction of sp³-hybridized carbons (Fsp3) is 0.667. The first kappa shape index (κ1) is 12.5. The summed E-state index contributed by atoms with van der Waals surface area (Å²) in [5, 5.41) is 10.1. The molecule has 2 rings (SSSR count). The number of hydrogen-bond acceptors (Lipinski definition) is 4. The van der Waals surface area contributed by atoms with Gasteiger partial charge in [-0.25, -0.2) is 4.98 Å². The third-order valence-corrected chi connectivity index (χ3v) is 4.10. The van der Waals surface area contributed by atoms with Crippen LogP contribution in [0.1, 0.15) is 34.4 Å². The van der Waals surface area contributed by atoms with Crippen LogP contribution in [0, 0.1) is 5.92 Å². The van der Waals surface area contributed by atoms with Gasteiger partial charge in [-0.2, -0.15) is 0 Å². The Bertz CT molecular complexity index is 392. The Morgan fingerprint density at radius 2 is 2.53 bits per heavy atom. The molecule has 0 aliphatic carbocycles. The van der Waals surface area contributed by atoms with E-state index in [4.69, 9.17) is 5.11 Å². The molecule has 1 amide bonds. The molecule has 2 heterocycles. The number of aliphatic hydroxyl groups is 1. The first-order valence-electron chi connectivity index (χ1n) is 6.09. The lowest BCUT2D eigenvalue weighted by Gasteiger charge is -2.14. The predicted octanol–water partition coefficient (Wildman–Crippen LogP) is 1.55.